The SMILES string of the molecule is COC(=O)Cc1ccc(CNC2CCN(C)CC2)s1. The smallest absolute Gasteiger partial charge is 0.310 e. The molecular formula is C14H22N2O2S. The summed E-state index contributed by atoms with van der Waals surface area (Å²) in [5, 5.41) is 3.61. The molecule has 0 aliphatic carbocycles. The second kappa shape index (κ2) is 7.03. The summed E-state index contributed by atoms with van der Waals surface area (Å²) in [5.74, 6) is -0.170. The van der Waals surface area contributed by atoms with Crippen molar-refractivity contribution in [3.05, 3.63) is 21.9 Å². The van der Waals surface area contributed by atoms with Gasteiger partial charge >= 0.3 is 5.97 Å². The zero-order valence-corrected chi connectivity index (χ0v) is 12.5. The topological polar surface area (TPSA) is 41.6 Å². The van der Waals surface area contributed by atoms with E-state index in [1.165, 1.54) is 37.9 Å². The van der Waals surface area contributed by atoms with Crippen LogP contribution in [0.5, 0.6) is 0 Å². The quantitative estimate of drug-likeness (QED) is 0.834. The minimum atomic E-state index is -0.170. The van der Waals surface area contributed by atoms with Gasteiger partial charge in [-0.05, 0) is 45.1 Å². The summed E-state index contributed by atoms with van der Waals surface area (Å²) in [7, 11) is 3.60. The van der Waals surface area contributed by atoms with Crippen LogP contribution in [0.25, 0.3) is 0 Å². The predicted octanol–water partition coefficient (Wildman–Crippen LogP) is 1.65. The fourth-order valence-electron chi connectivity index (χ4n) is 2.28. The van der Waals surface area contributed by atoms with Crippen molar-refractivity contribution >= 4 is 17.3 Å². The van der Waals surface area contributed by atoms with E-state index in [1.54, 1.807) is 11.3 Å². The molecule has 1 aliphatic heterocycles. The van der Waals surface area contributed by atoms with Crippen molar-refractivity contribution in [2.24, 2.45) is 0 Å². The van der Waals surface area contributed by atoms with Crippen molar-refractivity contribution in [3.63, 3.8) is 0 Å². The number of esters is 1. The molecule has 1 aromatic rings. The molecule has 2 heterocycles. The average Bonchev–Trinajstić information content (AvgIpc) is 2.85. The number of carbonyl (C=O) groups excluding carboxylic acids is 1. The Bertz CT molecular complexity index is 411. The van der Waals surface area contributed by atoms with Crippen LogP contribution in [0.3, 0.4) is 0 Å². The zero-order chi connectivity index (χ0) is 13.7. The van der Waals surface area contributed by atoms with E-state index in [-0.39, 0.29) is 5.97 Å². The molecule has 1 aromatic heterocycles. The number of likely N-dealkylation sites (tertiary alicyclic amines) is 1. The number of piperidine rings is 1. The molecule has 1 fully saturated rings. The van der Waals surface area contributed by atoms with E-state index in [9.17, 15) is 4.79 Å². The highest BCUT2D eigenvalue weighted by atomic mass is 32.1. The molecule has 0 atom stereocenters. The van der Waals surface area contributed by atoms with Crippen LogP contribution in [0.4, 0.5) is 0 Å². The summed E-state index contributed by atoms with van der Waals surface area (Å²) in [6.07, 6.45) is 2.82. The van der Waals surface area contributed by atoms with Gasteiger partial charge in [0.05, 0.1) is 13.5 Å². The highest BCUT2D eigenvalue weighted by Crippen LogP contribution is 2.18. The van der Waals surface area contributed by atoms with E-state index >= 15 is 0 Å². The number of rotatable bonds is 5. The van der Waals surface area contributed by atoms with Gasteiger partial charge in [-0.3, -0.25) is 4.79 Å². The monoisotopic (exact) mass is 282 g/mol. The summed E-state index contributed by atoms with van der Waals surface area (Å²) in [6.45, 7) is 3.26. The molecule has 0 spiro atoms. The predicted molar refractivity (Wildman–Crippen MR) is 77.4 cm³/mol. The zero-order valence-electron chi connectivity index (χ0n) is 11.6. The van der Waals surface area contributed by atoms with E-state index in [0.717, 1.165) is 11.4 Å². The fraction of sp³-hybridized carbons (Fsp3) is 0.643. The van der Waals surface area contributed by atoms with Crippen LogP contribution in [0.15, 0.2) is 12.1 Å². The maximum atomic E-state index is 11.2. The maximum Gasteiger partial charge on any atom is 0.310 e. The number of carbonyl (C=O) groups is 1. The molecule has 1 saturated heterocycles. The molecule has 1 aliphatic rings. The Balaban J connectivity index is 1.75. The summed E-state index contributed by atoms with van der Waals surface area (Å²) in [6, 6.07) is 4.75. The Morgan fingerprint density at radius 3 is 2.79 bits per heavy atom. The molecule has 1 N–H and O–H groups in total. The van der Waals surface area contributed by atoms with Crippen molar-refractivity contribution in [1.82, 2.24) is 10.2 Å². The van der Waals surface area contributed by atoms with Gasteiger partial charge in [0.15, 0.2) is 0 Å². The maximum absolute atomic E-state index is 11.2. The van der Waals surface area contributed by atoms with E-state index in [4.69, 9.17) is 0 Å². The van der Waals surface area contributed by atoms with Crippen molar-refractivity contribution in [3.8, 4) is 0 Å². The lowest BCUT2D eigenvalue weighted by atomic mass is 10.1. The Kier molecular flexibility index (Phi) is 5.36. The molecule has 0 aromatic carbocycles. The van der Waals surface area contributed by atoms with Gasteiger partial charge in [0.25, 0.3) is 0 Å². The van der Waals surface area contributed by atoms with E-state index in [0.29, 0.717) is 12.5 Å². The summed E-state index contributed by atoms with van der Waals surface area (Å²) in [5.41, 5.74) is 0. The van der Waals surface area contributed by atoms with Crippen molar-refractivity contribution in [1.29, 1.82) is 0 Å². The number of ether oxygens (including phenoxy) is 1. The van der Waals surface area contributed by atoms with Gasteiger partial charge in [-0.15, -0.1) is 11.3 Å². The second-order valence-corrected chi connectivity index (χ2v) is 6.33. The lowest BCUT2D eigenvalue weighted by Crippen LogP contribution is -2.40. The number of nitrogens with one attached hydrogen (secondary N) is 1. The first-order chi connectivity index (χ1) is 9.17. The van der Waals surface area contributed by atoms with Crippen molar-refractivity contribution in [2.75, 3.05) is 27.2 Å². The van der Waals surface area contributed by atoms with Crippen LogP contribution in [-0.2, 0) is 22.5 Å². The van der Waals surface area contributed by atoms with Gasteiger partial charge in [-0.25, -0.2) is 0 Å². The number of hydrogen-bond acceptors (Lipinski definition) is 5. The first kappa shape index (κ1) is 14.5. The molecule has 0 saturated carbocycles. The Labute approximate surface area is 118 Å². The molecule has 19 heavy (non-hydrogen) atoms. The number of thiophene rings is 1. The largest absolute Gasteiger partial charge is 0.469 e. The van der Waals surface area contributed by atoms with E-state index in [1.807, 2.05) is 6.07 Å². The number of methoxy groups -OCH3 is 1. The summed E-state index contributed by atoms with van der Waals surface area (Å²) < 4.78 is 4.68. The molecule has 0 amide bonds. The molecule has 0 unspecified atom stereocenters. The first-order valence-electron chi connectivity index (χ1n) is 6.73. The van der Waals surface area contributed by atoms with E-state index in [2.05, 4.69) is 28.1 Å². The van der Waals surface area contributed by atoms with Crippen LogP contribution >= 0.6 is 11.3 Å². The van der Waals surface area contributed by atoms with Gasteiger partial charge in [-0.1, -0.05) is 0 Å². The molecule has 0 bridgehead atoms. The highest BCUT2D eigenvalue weighted by Gasteiger charge is 2.16. The van der Waals surface area contributed by atoms with Crippen molar-refractivity contribution in [2.45, 2.75) is 31.8 Å². The third-order valence-corrected chi connectivity index (χ3v) is 4.63. The van der Waals surface area contributed by atoms with Crippen LogP contribution in [0.2, 0.25) is 0 Å². The molecule has 106 valence electrons. The highest BCUT2D eigenvalue weighted by molar-refractivity contribution is 7.12. The average molecular weight is 282 g/mol. The Morgan fingerprint density at radius 2 is 2.11 bits per heavy atom. The van der Waals surface area contributed by atoms with Gasteiger partial charge in [0.1, 0.15) is 0 Å². The molecule has 2 rings (SSSR count). The third-order valence-electron chi connectivity index (χ3n) is 3.55. The van der Waals surface area contributed by atoms with Gasteiger partial charge < -0.3 is 15.0 Å². The summed E-state index contributed by atoms with van der Waals surface area (Å²) in [4.78, 5) is 15.9. The van der Waals surface area contributed by atoms with Gasteiger partial charge in [0.2, 0.25) is 0 Å². The standard InChI is InChI=1S/C14H22N2O2S/c1-16-7-5-11(6-8-16)15-10-13-4-3-12(19-13)9-14(17)18-2/h3-4,11,15H,5-10H2,1-2H3. The third kappa shape index (κ3) is 4.60. The van der Waals surface area contributed by atoms with Crippen LogP contribution in [0.1, 0.15) is 22.6 Å². The van der Waals surface area contributed by atoms with Crippen LogP contribution < -0.4 is 5.32 Å². The lowest BCUT2D eigenvalue weighted by Gasteiger charge is -2.29. The Hall–Kier alpha value is -0.910. The number of nitrogens with zero attached hydrogens (tertiary/aromatic N) is 1. The molecule has 5 heteroatoms. The first-order valence-corrected chi connectivity index (χ1v) is 7.55. The van der Waals surface area contributed by atoms with Crippen molar-refractivity contribution < 1.29 is 9.53 Å². The lowest BCUT2D eigenvalue weighted by molar-refractivity contribution is -0.139. The normalized spacial score (nSPS) is 17.6. The minimum absolute atomic E-state index is 0.170. The van der Waals surface area contributed by atoms with Gasteiger partial charge in [-0.2, -0.15) is 0 Å². The fourth-order valence-corrected chi connectivity index (χ4v) is 3.24. The number of hydrogen-bond donors (Lipinski definition) is 1. The van der Waals surface area contributed by atoms with Crippen LogP contribution in [-0.4, -0.2) is 44.2 Å². The molecule has 0 radical (unpaired) electrons. The second-order valence-electron chi connectivity index (χ2n) is 5.08. The summed E-state index contributed by atoms with van der Waals surface area (Å²) >= 11 is 1.69. The minimum Gasteiger partial charge on any atom is -0.469 e. The van der Waals surface area contributed by atoms with E-state index < -0.39 is 0 Å². The van der Waals surface area contributed by atoms with Gasteiger partial charge in [0, 0.05) is 22.3 Å². The van der Waals surface area contributed by atoms with Crippen LogP contribution in [0, 0.1) is 0 Å². The Morgan fingerprint density at radius 1 is 1.42 bits per heavy atom. The molecular weight excluding hydrogens is 260 g/mol. The molecule has 4 nitrogen and oxygen atoms in total.